The van der Waals surface area contributed by atoms with Crippen LogP contribution in [0.1, 0.15) is 30.9 Å². The summed E-state index contributed by atoms with van der Waals surface area (Å²) in [5.74, 6) is 6.88. The van der Waals surface area contributed by atoms with Crippen LogP contribution in [0.3, 0.4) is 0 Å². The molecule has 2 rings (SSSR count). The first-order valence-corrected chi connectivity index (χ1v) is 6.33. The van der Waals surface area contributed by atoms with Gasteiger partial charge in [0, 0.05) is 6.04 Å². The third kappa shape index (κ3) is 3.05. The van der Waals surface area contributed by atoms with E-state index in [1.165, 1.54) is 24.5 Å². The molecule has 1 aliphatic carbocycles. The number of hydrazine groups is 1. The Morgan fingerprint density at radius 1 is 1.47 bits per heavy atom. The van der Waals surface area contributed by atoms with E-state index >= 15 is 0 Å². The minimum atomic E-state index is -0.168. The summed E-state index contributed by atoms with van der Waals surface area (Å²) in [6, 6.07) is 5.27. The van der Waals surface area contributed by atoms with E-state index in [2.05, 4.69) is 12.3 Å². The Morgan fingerprint density at radius 3 is 2.71 bits per heavy atom. The van der Waals surface area contributed by atoms with Crippen molar-refractivity contribution in [2.75, 3.05) is 0 Å². The van der Waals surface area contributed by atoms with Crippen LogP contribution in [0.25, 0.3) is 0 Å². The van der Waals surface area contributed by atoms with Gasteiger partial charge in [-0.15, -0.1) is 0 Å². The Morgan fingerprint density at radius 2 is 2.18 bits per heavy atom. The summed E-state index contributed by atoms with van der Waals surface area (Å²) < 4.78 is 13.0. The average molecular weight is 236 g/mol. The van der Waals surface area contributed by atoms with E-state index in [0.29, 0.717) is 5.92 Å². The summed E-state index contributed by atoms with van der Waals surface area (Å²) in [5.41, 5.74) is 5.11. The first-order chi connectivity index (χ1) is 8.11. The minimum Gasteiger partial charge on any atom is -0.271 e. The first-order valence-electron chi connectivity index (χ1n) is 6.33. The molecule has 2 nitrogen and oxygen atoms in total. The highest BCUT2D eigenvalue weighted by atomic mass is 19.1. The largest absolute Gasteiger partial charge is 0.271 e. The maximum atomic E-state index is 13.0. The van der Waals surface area contributed by atoms with E-state index in [1.807, 2.05) is 13.0 Å². The van der Waals surface area contributed by atoms with Gasteiger partial charge in [0.05, 0.1) is 0 Å². The van der Waals surface area contributed by atoms with E-state index in [4.69, 9.17) is 5.84 Å². The normalized spacial score (nSPS) is 19.1. The zero-order chi connectivity index (χ0) is 12.4. The fourth-order valence-corrected chi connectivity index (χ4v) is 2.47. The molecule has 3 N–H and O–H groups in total. The number of benzene rings is 1. The molecule has 0 radical (unpaired) electrons. The Kier molecular flexibility index (Phi) is 3.79. The molecular formula is C14H21FN2. The fraction of sp³-hybridized carbons (Fsp3) is 0.571. The lowest BCUT2D eigenvalue weighted by atomic mass is 9.90. The lowest BCUT2D eigenvalue weighted by Crippen LogP contribution is -2.42. The highest BCUT2D eigenvalue weighted by Crippen LogP contribution is 2.38. The van der Waals surface area contributed by atoms with E-state index in [-0.39, 0.29) is 11.9 Å². The van der Waals surface area contributed by atoms with Crippen molar-refractivity contribution in [3.05, 3.63) is 35.1 Å². The number of nitrogens with one attached hydrogen (secondary N) is 1. The van der Waals surface area contributed by atoms with Crippen molar-refractivity contribution in [3.63, 3.8) is 0 Å². The molecule has 0 heterocycles. The number of halogens is 1. The van der Waals surface area contributed by atoms with Crippen molar-refractivity contribution in [3.8, 4) is 0 Å². The number of nitrogens with two attached hydrogens (primary N) is 1. The molecule has 2 atom stereocenters. The molecule has 3 heteroatoms. The molecule has 0 aliphatic heterocycles. The van der Waals surface area contributed by atoms with Gasteiger partial charge < -0.3 is 0 Å². The van der Waals surface area contributed by atoms with E-state index in [1.54, 1.807) is 6.07 Å². The Hall–Kier alpha value is -0.930. The maximum absolute atomic E-state index is 13.0. The van der Waals surface area contributed by atoms with E-state index < -0.39 is 0 Å². The van der Waals surface area contributed by atoms with Crippen LogP contribution in [0, 0.1) is 24.6 Å². The monoisotopic (exact) mass is 236 g/mol. The van der Waals surface area contributed by atoms with Gasteiger partial charge in [0.2, 0.25) is 0 Å². The van der Waals surface area contributed by atoms with Gasteiger partial charge in [0.15, 0.2) is 0 Å². The lowest BCUT2D eigenvalue weighted by Gasteiger charge is -2.24. The first kappa shape index (κ1) is 12.5. The highest BCUT2D eigenvalue weighted by molar-refractivity contribution is 5.27. The van der Waals surface area contributed by atoms with Crippen LogP contribution in [-0.2, 0) is 6.42 Å². The van der Waals surface area contributed by atoms with Crippen LogP contribution in [0.2, 0.25) is 0 Å². The summed E-state index contributed by atoms with van der Waals surface area (Å²) in [6.45, 7) is 4.20. The lowest BCUT2D eigenvalue weighted by molar-refractivity contribution is 0.343. The number of aryl methyl sites for hydroxylation is 1. The van der Waals surface area contributed by atoms with Crippen LogP contribution < -0.4 is 11.3 Å². The molecular weight excluding hydrogens is 215 g/mol. The Bertz CT molecular complexity index is 388. The number of hydrogen-bond donors (Lipinski definition) is 2. The zero-order valence-electron chi connectivity index (χ0n) is 10.5. The fourth-order valence-electron chi connectivity index (χ4n) is 2.47. The average Bonchev–Trinajstić information content (AvgIpc) is 3.11. The van der Waals surface area contributed by atoms with Crippen molar-refractivity contribution in [2.24, 2.45) is 17.7 Å². The second-order valence-electron chi connectivity index (χ2n) is 5.24. The molecule has 1 saturated carbocycles. The van der Waals surface area contributed by atoms with Gasteiger partial charge in [-0.3, -0.25) is 11.3 Å². The van der Waals surface area contributed by atoms with Crippen molar-refractivity contribution in [1.29, 1.82) is 0 Å². The molecule has 94 valence electrons. The molecule has 17 heavy (non-hydrogen) atoms. The molecule has 0 spiro atoms. The topological polar surface area (TPSA) is 38.0 Å². The van der Waals surface area contributed by atoms with Crippen LogP contribution >= 0.6 is 0 Å². The third-order valence-electron chi connectivity index (χ3n) is 3.96. The van der Waals surface area contributed by atoms with Crippen LogP contribution in [-0.4, -0.2) is 6.04 Å². The van der Waals surface area contributed by atoms with E-state index in [0.717, 1.165) is 17.9 Å². The van der Waals surface area contributed by atoms with Gasteiger partial charge in [-0.05, 0) is 61.3 Å². The van der Waals surface area contributed by atoms with Crippen LogP contribution in [0.4, 0.5) is 4.39 Å². The van der Waals surface area contributed by atoms with Gasteiger partial charge in [-0.1, -0.05) is 13.0 Å². The van der Waals surface area contributed by atoms with Gasteiger partial charge in [-0.2, -0.15) is 0 Å². The quantitative estimate of drug-likeness (QED) is 0.609. The highest BCUT2D eigenvalue weighted by Gasteiger charge is 2.32. The standard InChI is InChI=1S/C14H21FN2/c1-9-7-13(15)6-5-12(9)8-14(17-16)10(2)11-3-4-11/h5-7,10-11,14,17H,3-4,8,16H2,1-2H3. The maximum Gasteiger partial charge on any atom is 0.123 e. The minimum absolute atomic E-state index is 0.168. The summed E-state index contributed by atoms with van der Waals surface area (Å²) in [4.78, 5) is 0. The Balaban J connectivity index is 2.06. The van der Waals surface area contributed by atoms with Gasteiger partial charge in [0.1, 0.15) is 5.82 Å². The summed E-state index contributed by atoms with van der Waals surface area (Å²) >= 11 is 0. The van der Waals surface area contributed by atoms with Crippen LogP contribution in [0.15, 0.2) is 18.2 Å². The van der Waals surface area contributed by atoms with Gasteiger partial charge in [-0.25, -0.2) is 4.39 Å². The smallest absolute Gasteiger partial charge is 0.123 e. The molecule has 0 bridgehead atoms. The molecule has 1 aromatic rings. The molecule has 1 aromatic carbocycles. The van der Waals surface area contributed by atoms with Gasteiger partial charge in [0.25, 0.3) is 0 Å². The predicted molar refractivity (Wildman–Crippen MR) is 67.8 cm³/mol. The molecule has 1 aliphatic rings. The Labute approximate surface area is 102 Å². The summed E-state index contributed by atoms with van der Waals surface area (Å²) in [7, 11) is 0. The van der Waals surface area contributed by atoms with Crippen molar-refractivity contribution < 1.29 is 4.39 Å². The van der Waals surface area contributed by atoms with Gasteiger partial charge >= 0.3 is 0 Å². The number of hydrogen-bond acceptors (Lipinski definition) is 2. The molecule has 1 fully saturated rings. The second kappa shape index (κ2) is 5.15. The summed E-state index contributed by atoms with van der Waals surface area (Å²) in [5, 5.41) is 0. The predicted octanol–water partition coefficient (Wildman–Crippen LogP) is 2.55. The second-order valence-corrected chi connectivity index (χ2v) is 5.24. The SMILES string of the molecule is Cc1cc(F)ccc1CC(NN)C(C)C1CC1. The summed E-state index contributed by atoms with van der Waals surface area (Å²) in [6.07, 6.45) is 3.52. The van der Waals surface area contributed by atoms with Crippen molar-refractivity contribution in [1.82, 2.24) is 5.43 Å². The third-order valence-corrected chi connectivity index (χ3v) is 3.96. The van der Waals surface area contributed by atoms with Crippen molar-refractivity contribution in [2.45, 2.75) is 39.2 Å². The zero-order valence-corrected chi connectivity index (χ0v) is 10.5. The van der Waals surface area contributed by atoms with Crippen LogP contribution in [0.5, 0.6) is 0 Å². The molecule has 0 amide bonds. The molecule has 0 saturated heterocycles. The molecule has 2 unspecified atom stereocenters. The van der Waals surface area contributed by atoms with Crippen molar-refractivity contribution >= 4 is 0 Å². The number of rotatable bonds is 5. The van der Waals surface area contributed by atoms with E-state index in [9.17, 15) is 4.39 Å². The molecule has 0 aromatic heterocycles.